The smallest absolute Gasteiger partial charge is 0.231 e. The van der Waals surface area contributed by atoms with E-state index in [-0.39, 0.29) is 0 Å². The fourth-order valence-electron chi connectivity index (χ4n) is 2.29. The van der Waals surface area contributed by atoms with Crippen LogP contribution < -0.4 is 15.5 Å². The molecular weight excluding hydrogens is 264 g/mol. The highest BCUT2D eigenvalue weighted by atomic mass is 15.3. The molecule has 0 atom stereocenters. The van der Waals surface area contributed by atoms with E-state index in [1.165, 1.54) is 12.8 Å². The summed E-state index contributed by atoms with van der Waals surface area (Å²) in [5, 5.41) is 6.52. The van der Waals surface area contributed by atoms with Gasteiger partial charge in [0.1, 0.15) is 0 Å². The molecule has 2 N–H and O–H groups in total. The van der Waals surface area contributed by atoms with Gasteiger partial charge in [-0.2, -0.15) is 15.0 Å². The zero-order valence-electron chi connectivity index (χ0n) is 13.7. The minimum Gasteiger partial charge on any atom is -0.354 e. The van der Waals surface area contributed by atoms with Crippen LogP contribution in [-0.2, 0) is 0 Å². The predicted molar refractivity (Wildman–Crippen MR) is 88.0 cm³/mol. The highest BCUT2D eigenvalue weighted by molar-refractivity contribution is 5.44. The Kier molecular flexibility index (Phi) is 5.20. The summed E-state index contributed by atoms with van der Waals surface area (Å²) >= 11 is 0. The van der Waals surface area contributed by atoms with Gasteiger partial charge >= 0.3 is 0 Å². The van der Waals surface area contributed by atoms with Gasteiger partial charge in [-0.05, 0) is 31.6 Å². The van der Waals surface area contributed by atoms with Crippen molar-refractivity contribution in [3.05, 3.63) is 0 Å². The average Bonchev–Trinajstić information content (AvgIpc) is 2.91. The standard InChI is InChI=1S/C15H28N6/c1-5-16-12-18-13(17-9-8-15(2,3)4)20-14(19-12)21-10-6-7-11-21/h5-11H2,1-4H3,(H2,16,17,18,19,20). The van der Waals surface area contributed by atoms with Crippen molar-refractivity contribution in [1.82, 2.24) is 15.0 Å². The van der Waals surface area contributed by atoms with E-state index in [9.17, 15) is 0 Å². The number of hydrogen-bond acceptors (Lipinski definition) is 6. The Bertz CT molecular complexity index is 448. The lowest BCUT2D eigenvalue weighted by atomic mass is 9.92. The van der Waals surface area contributed by atoms with Crippen LogP contribution in [0.1, 0.15) is 47.0 Å². The van der Waals surface area contributed by atoms with E-state index in [1.807, 2.05) is 6.92 Å². The molecule has 0 radical (unpaired) electrons. The zero-order chi connectivity index (χ0) is 15.3. The Morgan fingerprint density at radius 3 is 2.19 bits per heavy atom. The third-order valence-corrected chi connectivity index (χ3v) is 3.51. The summed E-state index contributed by atoms with van der Waals surface area (Å²) in [4.78, 5) is 15.8. The monoisotopic (exact) mass is 292 g/mol. The fourth-order valence-corrected chi connectivity index (χ4v) is 2.29. The number of hydrogen-bond donors (Lipinski definition) is 2. The molecule has 1 aromatic heterocycles. The van der Waals surface area contributed by atoms with Crippen LogP contribution in [-0.4, -0.2) is 41.1 Å². The van der Waals surface area contributed by atoms with Gasteiger partial charge in [-0.1, -0.05) is 20.8 Å². The topological polar surface area (TPSA) is 66.0 Å². The van der Waals surface area contributed by atoms with Crippen molar-refractivity contribution >= 4 is 17.8 Å². The van der Waals surface area contributed by atoms with E-state index in [0.717, 1.165) is 38.5 Å². The quantitative estimate of drug-likeness (QED) is 0.840. The molecular formula is C15H28N6. The second-order valence-electron chi connectivity index (χ2n) is 6.74. The first-order chi connectivity index (χ1) is 9.98. The number of nitrogens with zero attached hydrogens (tertiary/aromatic N) is 4. The molecule has 21 heavy (non-hydrogen) atoms. The van der Waals surface area contributed by atoms with Crippen LogP contribution in [0.3, 0.4) is 0 Å². The molecule has 0 spiro atoms. The maximum absolute atomic E-state index is 4.57. The summed E-state index contributed by atoms with van der Waals surface area (Å²) in [5.41, 5.74) is 0.308. The Hall–Kier alpha value is -1.59. The molecule has 0 aliphatic carbocycles. The van der Waals surface area contributed by atoms with Gasteiger partial charge in [0.2, 0.25) is 17.8 Å². The van der Waals surface area contributed by atoms with Crippen molar-refractivity contribution in [2.45, 2.75) is 47.0 Å². The van der Waals surface area contributed by atoms with Gasteiger partial charge < -0.3 is 15.5 Å². The Morgan fingerprint density at radius 2 is 1.62 bits per heavy atom. The van der Waals surface area contributed by atoms with Gasteiger partial charge in [0.15, 0.2) is 0 Å². The van der Waals surface area contributed by atoms with E-state index in [4.69, 9.17) is 0 Å². The van der Waals surface area contributed by atoms with Crippen LogP contribution in [0.2, 0.25) is 0 Å². The average molecular weight is 292 g/mol. The highest BCUT2D eigenvalue weighted by Gasteiger charge is 2.17. The lowest BCUT2D eigenvalue weighted by molar-refractivity contribution is 0.389. The third kappa shape index (κ3) is 5.02. The molecule has 0 aromatic carbocycles. The molecule has 2 rings (SSSR count). The minimum atomic E-state index is 0.308. The molecule has 118 valence electrons. The zero-order valence-corrected chi connectivity index (χ0v) is 13.7. The van der Waals surface area contributed by atoms with Crippen molar-refractivity contribution in [2.75, 3.05) is 41.7 Å². The number of rotatable bonds is 6. The number of aromatic nitrogens is 3. The second kappa shape index (κ2) is 6.91. The van der Waals surface area contributed by atoms with Crippen molar-refractivity contribution in [1.29, 1.82) is 0 Å². The molecule has 6 heteroatoms. The van der Waals surface area contributed by atoms with Gasteiger partial charge in [-0.25, -0.2) is 0 Å². The summed E-state index contributed by atoms with van der Waals surface area (Å²) in [6.07, 6.45) is 3.51. The third-order valence-electron chi connectivity index (χ3n) is 3.51. The van der Waals surface area contributed by atoms with E-state index in [2.05, 4.69) is 51.3 Å². The molecule has 1 fully saturated rings. The number of nitrogens with one attached hydrogen (secondary N) is 2. The first kappa shape index (κ1) is 15.8. The Morgan fingerprint density at radius 1 is 1.00 bits per heavy atom. The molecule has 1 aromatic rings. The molecule has 0 unspecified atom stereocenters. The molecule has 1 saturated heterocycles. The van der Waals surface area contributed by atoms with Gasteiger partial charge in [0.05, 0.1) is 0 Å². The first-order valence-corrected chi connectivity index (χ1v) is 7.97. The molecule has 2 heterocycles. The van der Waals surface area contributed by atoms with Crippen molar-refractivity contribution in [3.8, 4) is 0 Å². The van der Waals surface area contributed by atoms with Gasteiger partial charge in [-0.15, -0.1) is 0 Å². The molecule has 1 aliphatic rings. The summed E-state index contributed by atoms with van der Waals surface area (Å²) in [6, 6.07) is 0. The van der Waals surface area contributed by atoms with Crippen LogP contribution in [0.15, 0.2) is 0 Å². The summed E-state index contributed by atoms with van der Waals surface area (Å²) in [7, 11) is 0. The second-order valence-corrected chi connectivity index (χ2v) is 6.74. The maximum Gasteiger partial charge on any atom is 0.231 e. The normalized spacial score (nSPS) is 15.3. The number of anilines is 3. The molecule has 6 nitrogen and oxygen atoms in total. The largest absolute Gasteiger partial charge is 0.354 e. The van der Waals surface area contributed by atoms with E-state index >= 15 is 0 Å². The predicted octanol–water partition coefficient (Wildman–Crippen LogP) is 2.75. The van der Waals surface area contributed by atoms with Crippen LogP contribution in [0.25, 0.3) is 0 Å². The Balaban J connectivity index is 2.07. The van der Waals surface area contributed by atoms with Gasteiger partial charge in [-0.3, -0.25) is 0 Å². The summed E-state index contributed by atoms with van der Waals surface area (Å²) in [5.74, 6) is 2.12. The lowest BCUT2D eigenvalue weighted by Gasteiger charge is -2.19. The van der Waals surface area contributed by atoms with E-state index < -0.39 is 0 Å². The van der Waals surface area contributed by atoms with E-state index in [0.29, 0.717) is 17.3 Å². The van der Waals surface area contributed by atoms with Crippen molar-refractivity contribution in [3.63, 3.8) is 0 Å². The van der Waals surface area contributed by atoms with Crippen LogP contribution in [0.5, 0.6) is 0 Å². The summed E-state index contributed by atoms with van der Waals surface area (Å²) in [6.45, 7) is 12.5. The first-order valence-electron chi connectivity index (χ1n) is 7.97. The minimum absolute atomic E-state index is 0.308. The summed E-state index contributed by atoms with van der Waals surface area (Å²) < 4.78 is 0. The maximum atomic E-state index is 4.57. The molecule has 0 amide bonds. The van der Waals surface area contributed by atoms with Crippen LogP contribution >= 0.6 is 0 Å². The lowest BCUT2D eigenvalue weighted by Crippen LogP contribution is -2.23. The Labute approximate surface area is 127 Å². The van der Waals surface area contributed by atoms with Crippen molar-refractivity contribution in [2.24, 2.45) is 5.41 Å². The van der Waals surface area contributed by atoms with Crippen LogP contribution in [0, 0.1) is 5.41 Å². The van der Waals surface area contributed by atoms with Gasteiger partial charge in [0, 0.05) is 26.2 Å². The van der Waals surface area contributed by atoms with E-state index in [1.54, 1.807) is 0 Å². The molecule has 0 saturated carbocycles. The highest BCUT2D eigenvalue weighted by Crippen LogP contribution is 2.20. The molecule has 0 bridgehead atoms. The van der Waals surface area contributed by atoms with Gasteiger partial charge in [0.25, 0.3) is 0 Å². The van der Waals surface area contributed by atoms with Crippen molar-refractivity contribution < 1.29 is 0 Å². The SMILES string of the molecule is CCNc1nc(NCCC(C)(C)C)nc(N2CCCC2)n1. The fraction of sp³-hybridized carbons (Fsp3) is 0.800. The van der Waals surface area contributed by atoms with Crippen LogP contribution in [0.4, 0.5) is 17.8 Å². The molecule has 1 aliphatic heterocycles.